The highest BCUT2D eigenvalue weighted by Gasteiger charge is 2.07. The van der Waals surface area contributed by atoms with Gasteiger partial charge in [0.1, 0.15) is 0 Å². The summed E-state index contributed by atoms with van der Waals surface area (Å²) in [7, 11) is 0. The van der Waals surface area contributed by atoms with E-state index in [0.29, 0.717) is 17.5 Å². The van der Waals surface area contributed by atoms with Crippen LogP contribution in [0.2, 0.25) is 0 Å². The fourth-order valence-electron chi connectivity index (χ4n) is 1.29. The average molecular weight is 206 g/mol. The van der Waals surface area contributed by atoms with Gasteiger partial charge in [-0.15, -0.1) is 0 Å². The van der Waals surface area contributed by atoms with E-state index >= 15 is 0 Å². The van der Waals surface area contributed by atoms with Crippen LogP contribution in [-0.4, -0.2) is 22.8 Å². The first-order valence-corrected chi connectivity index (χ1v) is 4.76. The monoisotopic (exact) mass is 206 g/mol. The van der Waals surface area contributed by atoms with Crippen LogP contribution in [0.15, 0.2) is 24.3 Å². The molecule has 3 nitrogen and oxygen atoms in total. The Morgan fingerprint density at radius 2 is 2.20 bits per heavy atom. The minimum atomic E-state index is -0.928. The van der Waals surface area contributed by atoms with Crippen molar-refractivity contribution in [2.45, 2.75) is 13.3 Å². The zero-order valence-electron chi connectivity index (χ0n) is 8.60. The van der Waals surface area contributed by atoms with E-state index in [1.807, 2.05) is 13.0 Å². The summed E-state index contributed by atoms with van der Waals surface area (Å²) in [4.78, 5) is 10.9. The van der Waals surface area contributed by atoms with Gasteiger partial charge in [-0.3, -0.25) is 0 Å². The molecule has 15 heavy (non-hydrogen) atoms. The average Bonchev–Trinajstić information content (AvgIpc) is 2.20. The second-order valence-electron chi connectivity index (χ2n) is 3.31. The molecule has 1 aromatic carbocycles. The first-order valence-electron chi connectivity index (χ1n) is 4.76. The molecule has 0 aliphatic carbocycles. The number of aliphatic hydroxyl groups is 1. The minimum absolute atomic E-state index is 0.0742. The van der Waals surface area contributed by atoms with Crippen molar-refractivity contribution in [2.24, 2.45) is 0 Å². The fourth-order valence-corrected chi connectivity index (χ4v) is 1.29. The van der Waals surface area contributed by atoms with Gasteiger partial charge in [0.25, 0.3) is 0 Å². The van der Waals surface area contributed by atoms with Crippen LogP contribution in [-0.2, 0) is 0 Å². The van der Waals surface area contributed by atoms with Crippen LogP contribution < -0.4 is 0 Å². The van der Waals surface area contributed by atoms with Gasteiger partial charge in [-0.25, -0.2) is 4.79 Å². The maximum atomic E-state index is 10.9. The Bertz CT molecular complexity index is 380. The lowest BCUT2D eigenvalue weighted by atomic mass is 10.0. The molecule has 0 heterocycles. The molecule has 2 N–H and O–H groups in total. The highest BCUT2D eigenvalue weighted by atomic mass is 16.4. The highest BCUT2D eigenvalue weighted by Crippen LogP contribution is 2.13. The standard InChI is InChI=1S/C12H14O3/c1-9-5-6-10(4-2-3-7-13)11(8-9)12(14)15/h2,4-6,8,13H,3,7H2,1H3,(H,14,15). The maximum Gasteiger partial charge on any atom is 0.336 e. The quantitative estimate of drug-likeness (QED) is 0.793. The number of carboxylic acid groups (broad SMARTS) is 1. The Morgan fingerprint density at radius 1 is 1.47 bits per heavy atom. The zero-order valence-corrected chi connectivity index (χ0v) is 8.60. The molecule has 0 unspecified atom stereocenters. The number of benzene rings is 1. The van der Waals surface area contributed by atoms with E-state index in [1.165, 1.54) is 0 Å². The molecule has 0 aromatic heterocycles. The lowest BCUT2D eigenvalue weighted by molar-refractivity contribution is 0.0696. The van der Waals surface area contributed by atoms with Gasteiger partial charge in [0.05, 0.1) is 5.56 Å². The van der Waals surface area contributed by atoms with Gasteiger partial charge in [0, 0.05) is 6.61 Å². The summed E-state index contributed by atoms with van der Waals surface area (Å²) in [5.41, 5.74) is 1.89. The minimum Gasteiger partial charge on any atom is -0.478 e. The third-order valence-electron chi connectivity index (χ3n) is 2.03. The molecule has 0 amide bonds. The molecule has 0 atom stereocenters. The van der Waals surface area contributed by atoms with Crippen LogP contribution in [0.4, 0.5) is 0 Å². The third-order valence-corrected chi connectivity index (χ3v) is 2.03. The van der Waals surface area contributed by atoms with Gasteiger partial charge >= 0.3 is 5.97 Å². The number of hydrogen-bond donors (Lipinski definition) is 2. The van der Waals surface area contributed by atoms with E-state index in [2.05, 4.69) is 0 Å². The first kappa shape index (κ1) is 11.5. The maximum absolute atomic E-state index is 10.9. The van der Waals surface area contributed by atoms with Crippen LogP contribution in [0.3, 0.4) is 0 Å². The summed E-state index contributed by atoms with van der Waals surface area (Å²) in [5.74, 6) is -0.928. The molecule has 80 valence electrons. The summed E-state index contributed by atoms with van der Waals surface area (Å²) in [6.07, 6.45) is 4.02. The normalized spacial score (nSPS) is 10.8. The molecule has 1 rings (SSSR count). The van der Waals surface area contributed by atoms with Gasteiger partial charge in [0.15, 0.2) is 0 Å². The topological polar surface area (TPSA) is 57.5 Å². The largest absolute Gasteiger partial charge is 0.478 e. The van der Waals surface area contributed by atoms with E-state index in [1.54, 1.807) is 24.3 Å². The third kappa shape index (κ3) is 3.22. The van der Waals surface area contributed by atoms with E-state index in [9.17, 15) is 4.79 Å². The molecule has 0 saturated carbocycles. The summed E-state index contributed by atoms with van der Waals surface area (Å²) < 4.78 is 0. The lowest BCUT2D eigenvalue weighted by Crippen LogP contribution is -1.99. The van der Waals surface area contributed by atoms with Gasteiger partial charge in [-0.05, 0) is 25.0 Å². The van der Waals surface area contributed by atoms with Crippen molar-refractivity contribution >= 4 is 12.0 Å². The Hall–Kier alpha value is -1.61. The molecule has 0 bridgehead atoms. The van der Waals surface area contributed by atoms with Crippen LogP contribution in [0.5, 0.6) is 0 Å². The zero-order chi connectivity index (χ0) is 11.3. The van der Waals surface area contributed by atoms with E-state index in [0.717, 1.165) is 5.56 Å². The second kappa shape index (κ2) is 5.32. The molecular weight excluding hydrogens is 192 g/mol. The summed E-state index contributed by atoms with van der Waals surface area (Å²) >= 11 is 0. The molecule has 1 aromatic rings. The van der Waals surface area contributed by atoms with Gasteiger partial charge in [-0.2, -0.15) is 0 Å². The number of aromatic carboxylic acids is 1. The molecule has 0 aliphatic rings. The number of carboxylic acids is 1. The molecule has 0 aliphatic heterocycles. The van der Waals surface area contributed by atoms with Gasteiger partial charge < -0.3 is 10.2 Å². The Labute approximate surface area is 88.7 Å². The smallest absolute Gasteiger partial charge is 0.336 e. The summed E-state index contributed by atoms with van der Waals surface area (Å²) in [5, 5.41) is 17.6. The van der Waals surface area contributed by atoms with Crippen molar-refractivity contribution in [1.29, 1.82) is 0 Å². The molecule has 0 fully saturated rings. The van der Waals surface area contributed by atoms with Crippen LogP contribution >= 0.6 is 0 Å². The molecule has 3 heteroatoms. The number of hydrogen-bond acceptors (Lipinski definition) is 2. The number of aryl methyl sites for hydroxylation is 1. The van der Waals surface area contributed by atoms with Crippen molar-refractivity contribution < 1.29 is 15.0 Å². The summed E-state index contributed by atoms with van der Waals surface area (Å²) in [6, 6.07) is 5.28. The van der Waals surface area contributed by atoms with E-state index < -0.39 is 5.97 Å². The number of aliphatic hydroxyl groups excluding tert-OH is 1. The fraction of sp³-hybridized carbons (Fsp3) is 0.250. The summed E-state index contributed by atoms with van der Waals surface area (Å²) in [6.45, 7) is 1.93. The van der Waals surface area contributed by atoms with Crippen LogP contribution in [0.25, 0.3) is 6.08 Å². The van der Waals surface area contributed by atoms with E-state index in [-0.39, 0.29) is 6.61 Å². The molecule has 0 spiro atoms. The first-order chi connectivity index (χ1) is 7.15. The van der Waals surface area contributed by atoms with Crippen molar-refractivity contribution in [3.63, 3.8) is 0 Å². The predicted molar refractivity (Wildman–Crippen MR) is 58.9 cm³/mol. The second-order valence-corrected chi connectivity index (χ2v) is 3.31. The molecule has 0 radical (unpaired) electrons. The van der Waals surface area contributed by atoms with Crippen molar-refractivity contribution in [2.75, 3.05) is 6.61 Å². The van der Waals surface area contributed by atoms with Crippen molar-refractivity contribution in [1.82, 2.24) is 0 Å². The highest BCUT2D eigenvalue weighted by molar-refractivity contribution is 5.92. The van der Waals surface area contributed by atoms with Crippen LogP contribution in [0, 0.1) is 6.92 Å². The Morgan fingerprint density at radius 3 is 2.80 bits per heavy atom. The van der Waals surface area contributed by atoms with Gasteiger partial charge in [0.2, 0.25) is 0 Å². The number of carbonyl (C=O) groups is 1. The van der Waals surface area contributed by atoms with Crippen molar-refractivity contribution in [3.8, 4) is 0 Å². The Balaban J connectivity index is 3.01. The number of rotatable bonds is 4. The van der Waals surface area contributed by atoms with E-state index in [4.69, 9.17) is 10.2 Å². The van der Waals surface area contributed by atoms with Crippen LogP contribution in [0.1, 0.15) is 27.9 Å². The predicted octanol–water partition coefficient (Wildman–Crippen LogP) is 2.09. The van der Waals surface area contributed by atoms with Crippen molar-refractivity contribution in [3.05, 3.63) is 41.0 Å². The van der Waals surface area contributed by atoms with Gasteiger partial charge in [-0.1, -0.05) is 29.8 Å². The SMILES string of the molecule is Cc1ccc(C=CCCO)c(C(=O)O)c1. The lowest BCUT2D eigenvalue weighted by Gasteiger charge is -2.02. The Kier molecular flexibility index (Phi) is 4.06. The molecule has 0 saturated heterocycles. The molecular formula is C12H14O3.